The van der Waals surface area contributed by atoms with Crippen LogP contribution in [0.1, 0.15) is 6.92 Å². The standard InChI is InChI=1S/C11H17N3O3/c1-3-17-11-8-9(13(2)7-6-12)4-5-10(11)14(15)16/h4-5,8H,3,6-7,12H2,1-2H3. The fourth-order valence-electron chi connectivity index (χ4n) is 1.48. The van der Waals surface area contributed by atoms with Gasteiger partial charge in [-0.05, 0) is 13.0 Å². The van der Waals surface area contributed by atoms with Gasteiger partial charge in [-0.25, -0.2) is 0 Å². The van der Waals surface area contributed by atoms with Gasteiger partial charge < -0.3 is 15.4 Å². The molecule has 0 unspecified atom stereocenters. The van der Waals surface area contributed by atoms with E-state index in [1.165, 1.54) is 6.07 Å². The first-order valence-electron chi connectivity index (χ1n) is 5.42. The Labute approximate surface area is 100 Å². The molecule has 0 aromatic heterocycles. The van der Waals surface area contributed by atoms with E-state index in [0.717, 1.165) is 5.69 Å². The number of rotatable bonds is 6. The lowest BCUT2D eigenvalue weighted by Crippen LogP contribution is -2.24. The molecular weight excluding hydrogens is 222 g/mol. The van der Waals surface area contributed by atoms with E-state index in [2.05, 4.69) is 0 Å². The second-order valence-corrected chi connectivity index (χ2v) is 3.55. The molecule has 0 radical (unpaired) electrons. The summed E-state index contributed by atoms with van der Waals surface area (Å²) in [6.45, 7) is 3.39. The first-order chi connectivity index (χ1) is 8.10. The number of ether oxygens (including phenoxy) is 1. The number of nitrogens with zero attached hydrogens (tertiary/aromatic N) is 2. The number of hydrogen-bond donors (Lipinski definition) is 1. The van der Waals surface area contributed by atoms with Crippen LogP contribution in [0.5, 0.6) is 5.75 Å². The van der Waals surface area contributed by atoms with E-state index in [0.29, 0.717) is 25.4 Å². The molecular formula is C11H17N3O3. The summed E-state index contributed by atoms with van der Waals surface area (Å²) in [5, 5.41) is 10.8. The van der Waals surface area contributed by atoms with E-state index in [4.69, 9.17) is 10.5 Å². The summed E-state index contributed by atoms with van der Waals surface area (Å²) in [4.78, 5) is 12.3. The minimum atomic E-state index is -0.447. The van der Waals surface area contributed by atoms with Crippen LogP contribution in [0.4, 0.5) is 11.4 Å². The summed E-state index contributed by atoms with van der Waals surface area (Å²) in [6, 6.07) is 4.81. The van der Waals surface area contributed by atoms with Crippen molar-refractivity contribution in [1.82, 2.24) is 0 Å². The second-order valence-electron chi connectivity index (χ2n) is 3.55. The van der Waals surface area contributed by atoms with Crippen molar-refractivity contribution in [3.8, 4) is 5.75 Å². The molecule has 0 bridgehead atoms. The Hall–Kier alpha value is -1.82. The lowest BCUT2D eigenvalue weighted by molar-refractivity contribution is -0.385. The smallest absolute Gasteiger partial charge is 0.311 e. The van der Waals surface area contributed by atoms with Crippen LogP contribution in [0, 0.1) is 10.1 Å². The quantitative estimate of drug-likeness (QED) is 0.599. The Morgan fingerprint density at radius 3 is 2.76 bits per heavy atom. The Balaban J connectivity index is 3.04. The maximum absolute atomic E-state index is 10.8. The lowest BCUT2D eigenvalue weighted by atomic mass is 10.2. The van der Waals surface area contributed by atoms with Crippen molar-refractivity contribution in [3.05, 3.63) is 28.3 Å². The van der Waals surface area contributed by atoms with Crippen molar-refractivity contribution in [3.63, 3.8) is 0 Å². The van der Waals surface area contributed by atoms with Crippen LogP contribution in [0.25, 0.3) is 0 Å². The number of anilines is 1. The first kappa shape index (κ1) is 13.2. The Morgan fingerprint density at radius 2 is 2.24 bits per heavy atom. The molecule has 17 heavy (non-hydrogen) atoms. The normalized spacial score (nSPS) is 10.1. The maximum Gasteiger partial charge on any atom is 0.311 e. The Morgan fingerprint density at radius 1 is 1.53 bits per heavy atom. The van der Waals surface area contributed by atoms with Crippen molar-refractivity contribution in [2.75, 3.05) is 31.6 Å². The maximum atomic E-state index is 10.8. The summed E-state index contributed by atoms with van der Waals surface area (Å²) >= 11 is 0. The van der Waals surface area contributed by atoms with Gasteiger partial charge in [-0.1, -0.05) is 0 Å². The molecule has 0 saturated heterocycles. The first-order valence-corrected chi connectivity index (χ1v) is 5.42. The number of nitro groups is 1. The van der Waals surface area contributed by atoms with Crippen molar-refractivity contribution < 1.29 is 9.66 Å². The van der Waals surface area contributed by atoms with E-state index in [-0.39, 0.29) is 5.69 Å². The lowest BCUT2D eigenvalue weighted by Gasteiger charge is -2.18. The highest BCUT2D eigenvalue weighted by atomic mass is 16.6. The van der Waals surface area contributed by atoms with Gasteiger partial charge in [0.2, 0.25) is 0 Å². The third kappa shape index (κ3) is 3.32. The predicted octanol–water partition coefficient (Wildman–Crippen LogP) is 1.39. The van der Waals surface area contributed by atoms with Gasteiger partial charge in [0, 0.05) is 38.0 Å². The molecule has 0 fully saturated rings. The fourth-order valence-corrected chi connectivity index (χ4v) is 1.48. The van der Waals surface area contributed by atoms with E-state index >= 15 is 0 Å². The summed E-state index contributed by atoms with van der Waals surface area (Å²) in [7, 11) is 1.88. The minimum absolute atomic E-state index is 0.0169. The van der Waals surface area contributed by atoms with Crippen molar-refractivity contribution in [2.24, 2.45) is 5.73 Å². The summed E-state index contributed by atoms with van der Waals surface area (Å²) < 4.78 is 5.27. The predicted molar refractivity (Wildman–Crippen MR) is 66.6 cm³/mol. The number of likely N-dealkylation sites (N-methyl/N-ethyl adjacent to an activating group) is 1. The molecule has 0 amide bonds. The molecule has 1 rings (SSSR count). The number of nitro benzene ring substituents is 1. The van der Waals surface area contributed by atoms with Crippen LogP contribution in [0.3, 0.4) is 0 Å². The average molecular weight is 239 g/mol. The zero-order valence-electron chi connectivity index (χ0n) is 10.0. The molecule has 1 aromatic carbocycles. The van der Waals surface area contributed by atoms with Crippen molar-refractivity contribution in [1.29, 1.82) is 0 Å². The minimum Gasteiger partial charge on any atom is -0.487 e. The van der Waals surface area contributed by atoms with Gasteiger partial charge in [0.15, 0.2) is 5.75 Å². The SMILES string of the molecule is CCOc1cc(N(C)CCN)ccc1[N+](=O)[O-]. The van der Waals surface area contributed by atoms with E-state index in [1.807, 2.05) is 11.9 Å². The number of hydrogen-bond acceptors (Lipinski definition) is 5. The molecule has 94 valence electrons. The van der Waals surface area contributed by atoms with Crippen molar-refractivity contribution in [2.45, 2.75) is 6.92 Å². The van der Waals surface area contributed by atoms with Gasteiger partial charge in [0.25, 0.3) is 0 Å². The van der Waals surface area contributed by atoms with Crippen LogP contribution in [0.15, 0.2) is 18.2 Å². The third-order valence-electron chi connectivity index (χ3n) is 2.35. The number of benzene rings is 1. The third-order valence-corrected chi connectivity index (χ3v) is 2.35. The van der Waals surface area contributed by atoms with Gasteiger partial charge in [-0.3, -0.25) is 10.1 Å². The molecule has 0 heterocycles. The topological polar surface area (TPSA) is 81.6 Å². The Bertz CT molecular complexity index is 396. The largest absolute Gasteiger partial charge is 0.487 e. The summed E-state index contributed by atoms with van der Waals surface area (Å²) in [6.07, 6.45) is 0. The highest BCUT2D eigenvalue weighted by molar-refractivity contribution is 5.59. The monoisotopic (exact) mass is 239 g/mol. The summed E-state index contributed by atoms with van der Waals surface area (Å²) in [5.41, 5.74) is 6.29. The highest BCUT2D eigenvalue weighted by Crippen LogP contribution is 2.31. The zero-order chi connectivity index (χ0) is 12.8. The fraction of sp³-hybridized carbons (Fsp3) is 0.455. The molecule has 0 atom stereocenters. The molecule has 0 saturated carbocycles. The molecule has 2 N–H and O–H groups in total. The Kier molecular flexibility index (Phi) is 4.71. The summed E-state index contributed by atoms with van der Waals surface area (Å²) in [5.74, 6) is 0.291. The average Bonchev–Trinajstić information content (AvgIpc) is 2.29. The van der Waals surface area contributed by atoms with Gasteiger partial charge in [0.1, 0.15) is 0 Å². The van der Waals surface area contributed by atoms with Crippen LogP contribution in [0.2, 0.25) is 0 Å². The molecule has 1 aromatic rings. The van der Waals surface area contributed by atoms with Gasteiger partial charge in [-0.2, -0.15) is 0 Å². The van der Waals surface area contributed by atoms with Crippen molar-refractivity contribution >= 4 is 11.4 Å². The van der Waals surface area contributed by atoms with E-state index in [9.17, 15) is 10.1 Å². The molecule has 0 aliphatic heterocycles. The molecule has 0 aliphatic carbocycles. The molecule has 0 aliphatic rings. The van der Waals surface area contributed by atoms with Crippen LogP contribution in [-0.2, 0) is 0 Å². The molecule has 6 nitrogen and oxygen atoms in total. The second kappa shape index (κ2) is 6.05. The van der Waals surface area contributed by atoms with Gasteiger partial charge in [0.05, 0.1) is 11.5 Å². The van der Waals surface area contributed by atoms with Gasteiger partial charge >= 0.3 is 5.69 Å². The molecule has 6 heteroatoms. The van der Waals surface area contributed by atoms with Gasteiger partial charge in [-0.15, -0.1) is 0 Å². The van der Waals surface area contributed by atoms with E-state index < -0.39 is 4.92 Å². The zero-order valence-corrected chi connectivity index (χ0v) is 10.0. The molecule has 0 spiro atoms. The van der Waals surface area contributed by atoms with Crippen LogP contribution < -0.4 is 15.4 Å². The van der Waals surface area contributed by atoms with Crippen LogP contribution >= 0.6 is 0 Å². The van der Waals surface area contributed by atoms with Crippen LogP contribution in [-0.4, -0.2) is 31.7 Å². The highest BCUT2D eigenvalue weighted by Gasteiger charge is 2.16. The van der Waals surface area contributed by atoms with E-state index in [1.54, 1.807) is 19.1 Å². The number of nitrogens with two attached hydrogens (primary N) is 1.